The smallest absolute Gasteiger partial charge is 0.248 e. The molecule has 2 fully saturated rings. The summed E-state index contributed by atoms with van der Waals surface area (Å²) >= 11 is 0. The number of carbonyl (C=O) groups excluding carboxylic acids is 1. The molecule has 36 heavy (non-hydrogen) atoms. The summed E-state index contributed by atoms with van der Waals surface area (Å²) in [6.07, 6.45) is 6.67. The minimum Gasteiger partial charge on any atom is -0.385 e. The average Bonchev–Trinajstić information content (AvgIpc) is 2.84. The topological polar surface area (TPSA) is 100 Å². The van der Waals surface area contributed by atoms with Crippen molar-refractivity contribution < 1.29 is 23.1 Å². The number of aryl methyl sites for hydroxylation is 3. The number of likely N-dealkylation sites (tertiary alicyclic amines) is 1. The third-order valence-corrected chi connectivity index (χ3v) is 9.68. The molecule has 196 valence electrons. The Morgan fingerprint density at radius 3 is 2.47 bits per heavy atom. The van der Waals surface area contributed by atoms with Gasteiger partial charge in [0.1, 0.15) is 6.61 Å². The van der Waals surface area contributed by atoms with Gasteiger partial charge in [-0.2, -0.15) is 4.31 Å². The van der Waals surface area contributed by atoms with Crippen LogP contribution >= 0.6 is 0 Å². The summed E-state index contributed by atoms with van der Waals surface area (Å²) < 4.78 is 34.6. The van der Waals surface area contributed by atoms with Gasteiger partial charge >= 0.3 is 0 Å². The van der Waals surface area contributed by atoms with E-state index in [9.17, 15) is 18.3 Å². The van der Waals surface area contributed by atoms with Crippen LogP contribution < -0.4 is 0 Å². The molecule has 9 heteroatoms. The zero-order valence-electron chi connectivity index (χ0n) is 21.4. The summed E-state index contributed by atoms with van der Waals surface area (Å²) in [4.78, 5) is 19.0. The van der Waals surface area contributed by atoms with Gasteiger partial charge in [-0.25, -0.2) is 8.42 Å². The molecular weight excluding hydrogens is 478 g/mol. The minimum atomic E-state index is -3.67. The van der Waals surface area contributed by atoms with Crippen molar-refractivity contribution in [2.24, 2.45) is 0 Å². The van der Waals surface area contributed by atoms with Crippen molar-refractivity contribution in [3.8, 4) is 0 Å². The molecule has 1 atom stereocenters. The summed E-state index contributed by atoms with van der Waals surface area (Å²) in [6, 6.07) is 7.17. The normalized spacial score (nSPS) is 20.9. The van der Waals surface area contributed by atoms with Crippen molar-refractivity contribution in [2.45, 2.75) is 69.4 Å². The van der Waals surface area contributed by atoms with Crippen molar-refractivity contribution in [1.82, 2.24) is 14.2 Å². The molecular formula is C27H37N3O5S. The van der Waals surface area contributed by atoms with Crippen LogP contribution in [0.5, 0.6) is 0 Å². The summed E-state index contributed by atoms with van der Waals surface area (Å²) in [5, 5.41) is 11.0. The number of sulfonamides is 1. The summed E-state index contributed by atoms with van der Waals surface area (Å²) in [6.45, 7) is 7.06. The van der Waals surface area contributed by atoms with Crippen molar-refractivity contribution >= 4 is 15.9 Å². The van der Waals surface area contributed by atoms with E-state index in [4.69, 9.17) is 4.74 Å². The molecule has 2 saturated heterocycles. The number of pyridine rings is 1. The lowest BCUT2D eigenvalue weighted by Gasteiger charge is -2.38. The van der Waals surface area contributed by atoms with Crippen LogP contribution in [0.2, 0.25) is 0 Å². The number of rotatable bonds is 7. The number of ether oxygens (including phenoxy) is 1. The molecule has 1 amide bonds. The number of aliphatic hydroxyl groups is 1. The molecule has 0 radical (unpaired) electrons. The quantitative estimate of drug-likeness (QED) is 0.608. The largest absolute Gasteiger partial charge is 0.385 e. The van der Waals surface area contributed by atoms with Gasteiger partial charge in [-0.05, 0) is 63.6 Å². The van der Waals surface area contributed by atoms with Gasteiger partial charge in [-0.1, -0.05) is 30.2 Å². The highest BCUT2D eigenvalue weighted by Crippen LogP contribution is 2.33. The van der Waals surface area contributed by atoms with Gasteiger partial charge in [-0.15, -0.1) is 0 Å². The lowest BCUT2D eigenvalue weighted by atomic mass is 9.85. The van der Waals surface area contributed by atoms with Crippen LogP contribution in [-0.4, -0.2) is 72.5 Å². The summed E-state index contributed by atoms with van der Waals surface area (Å²) in [7, 11) is -3.67. The van der Waals surface area contributed by atoms with E-state index in [0.717, 1.165) is 35.1 Å². The number of aromatic nitrogens is 1. The van der Waals surface area contributed by atoms with Gasteiger partial charge in [0, 0.05) is 43.6 Å². The first kappa shape index (κ1) is 26.7. The number of amides is 1. The highest BCUT2D eigenvalue weighted by Gasteiger charge is 2.37. The van der Waals surface area contributed by atoms with E-state index in [1.54, 1.807) is 27.7 Å². The summed E-state index contributed by atoms with van der Waals surface area (Å²) in [5.74, 6) is -0.140. The predicted octanol–water partition coefficient (Wildman–Crippen LogP) is 3.08. The van der Waals surface area contributed by atoms with E-state index in [0.29, 0.717) is 43.8 Å². The Labute approximate surface area is 214 Å². The molecule has 1 N–H and O–H groups in total. The molecule has 0 bridgehead atoms. The molecule has 1 aromatic heterocycles. The Balaban J connectivity index is 1.34. The first-order valence-corrected chi connectivity index (χ1v) is 14.1. The fraction of sp³-hybridized carbons (Fsp3) is 0.556. The molecule has 0 spiro atoms. The molecule has 0 aliphatic carbocycles. The average molecular weight is 516 g/mol. The second kappa shape index (κ2) is 11.0. The zero-order chi connectivity index (χ0) is 25.9. The van der Waals surface area contributed by atoms with Gasteiger partial charge in [0.2, 0.25) is 15.9 Å². The third-order valence-electron chi connectivity index (χ3n) is 7.42. The monoisotopic (exact) mass is 515 g/mol. The van der Waals surface area contributed by atoms with Gasteiger partial charge < -0.3 is 14.7 Å². The van der Waals surface area contributed by atoms with Crippen molar-refractivity contribution in [1.29, 1.82) is 0 Å². The Morgan fingerprint density at radius 1 is 1.14 bits per heavy atom. The number of benzene rings is 1. The van der Waals surface area contributed by atoms with E-state index in [1.807, 2.05) is 39.0 Å². The molecule has 8 nitrogen and oxygen atoms in total. The van der Waals surface area contributed by atoms with Crippen molar-refractivity contribution in [3.05, 3.63) is 58.9 Å². The van der Waals surface area contributed by atoms with Crippen LogP contribution in [0.3, 0.4) is 0 Å². The second-order valence-corrected chi connectivity index (χ2v) is 12.0. The maximum atomic E-state index is 13.6. The van der Waals surface area contributed by atoms with Crippen LogP contribution in [0.15, 0.2) is 41.6 Å². The Kier molecular flexibility index (Phi) is 8.14. The van der Waals surface area contributed by atoms with Gasteiger partial charge in [-0.3, -0.25) is 9.78 Å². The van der Waals surface area contributed by atoms with E-state index in [1.165, 1.54) is 0 Å². The van der Waals surface area contributed by atoms with E-state index >= 15 is 0 Å². The van der Waals surface area contributed by atoms with Crippen LogP contribution in [0.1, 0.15) is 54.4 Å². The maximum absolute atomic E-state index is 13.6. The van der Waals surface area contributed by atoms with Crippen molar-refractivity contribution in [2.75, 3.05) is 32.8 Å². The molecule has 1 aromatic carbocycles. The fourth-order valence-corrected chi connectivity index (χ4v) is 7.67. The lowest BCUT2D eigenvalue weighted by Crippen LogP contribution is -2.48. The molecule has 2 aliphatic heterocycles. The second-order valence-electron chi connectivity index (χ2n) is 10.2. The highest BCUT2D eigenvalue weighted by molar-refractivity contribution is 7.89. The number of hydrogen-bond acceptors (Lipinski definition) is 6. The number of carbonyl (C=O) groups is 1. The standard InChI is InChI=1S/C27H37N3O5S/c1-20-15-21(2)26(22(3)16-20)36(33,34)30-12-5-4-8-24(30)18-35-19-25(31)29-13-9-27(32,10-14-29)23-7-6-11-28-17-23/h6-7,11,15-17,24,32H,4-5,8-10,12-14,18-19H2,1-3H3. The highest BCUT2D eigenvalue weighted by atomic mass is 32.2. The van der Waals surface area contributed by atoms with Gasteiger partial charge in [0.25, 0.3) is 0 Å². The van der Waals surface area contributed by atoms with Crippen LogP contribution in [-0.2, 0) is 25.2 Å². The van der Waals surface area contributed by atoms with Crippen LogP contribution in [0.25, 0.3) is 0 Å². The molecule has 0 saturated carbocycles. The van der Waals surface area contributed by atoms with E-state index in [2.05, 4.69) is 4.98 Å². The van der Waals surface area contributed by atoms with Crippen LogP contribution in [0, 0.1) is 20.8 Å². The van der Waals surface area contributed by atoms with Gasteiger partial charge in [0.15, 0.2) is 0 Å². The SMILES string of the molecule is Cc1cc(C)c(S(=O)(=O)N2CCCCC2COCC(=O)N2CCC(O)(c3cccnc3)CC2)c(C)c1. The van der Waals surface area contributed by atoms with Gasteiger partial charge in [0.05, 0.1) is 17.1 Å². The first-order valence-electron chi connectivity index (χ1n) is 12.7. The minimum absolute atomic E-state index is 0.0989. The number of nitrogens with zero attached hydrogens (tertiary/aromatic N) is 3. The first-order chi connectivity index (χ1) is 17.1. The maximum Gasteiger partial charge on any atom is 0.248 e. The Hall–Kier alpha value is -2.33. The number of piperidine rings is 2. The molecule has 2 aliphatic rings. The Bertz CT molecular complexity index is 1150. The molecule has 2 aromatic rings. The molecule has 1 unspecified atom stereocenters. The van der Waals surface area contributed by atoms with Crippen molar-refractivity contribution in [3.63, 3.8) is 0 Å². The zero-order valence-corrected chi connectivity index (χ0v) is 22.3. The third kappa shape index (κ3) is 5.64. The molecule has 4 rings (SSSR count). The number of hydrogen-bond donors (Lipinski definition) is 1. The van der Waals surface area contributed by atoms with E-state index in [-0.39, 0.29) is 25.2 Å². The fourth-order valence-electron chi connectivity index (χ4n) is 5.57. The van der Waals surface area contributed by atoms with Crippen LogP contribution in [0.4, 0.5) is 0 Å². The predicted molar refractivity (Wildman–Crippen MR) is 137 cm³/mol. The van der Waals surface area contributed by atoms with E-state index < -0.39 is 15.6 Å². The molecule has 3 heterocycles. The Morgan fingerprint density at radius 2 is 1.83 bits per heavy atom. The summed E-state index contributed by atoms with van der Waals surface area (Å²) in [5.41, 5.74) is 2.34. The lowest BCUT2D eigenvalue weighted by molar-refractivity contribution is -0.141.